The molecule has 3 nitrogen and oxygen atoms in total. The Balaban J connectivity index is 1.65. The summed E-state index contributed by atoms with van der Waals surface area (Å²) >= 11 is 0. The average Bonchev–Trinajstić information content (AvgIpc) is 2.70. The summed E-state index contributed by atoms with van der Waals surface area (Å²) < 4.78 is 19.0. The molecular formula is C17H19FN2O. The summed E-state index contributed by atoms with van der Waals surface area (Å²) in [5, 5.41) is 3.56. The van der Waals surface area contributed by atoms with Crippen LogP contribution in [-0.2, 0) is 6.42 Å². The Morgan fingerprint density at radius 2 is 2.29 bits per heavy atom. The van der Waals surface area contributed by atoms with E-state index in [2.05, 4.69) is 16.4 Å². The highest BCUT2D eigenvalue weighted by atomic mass is 19.1. The number of hydrogen-bond donors (Lipinski definition) is 1. The van der Waals surface area contributed by atoms with Gasteiger partial charge >= 0.3 is 0 Å². The number of nitrogens with zero attached hydrogens (tertiary/aromatic N) is 1. The maximum absolute atomic E-state index is 13.3. The number of rotatable bonds is 4. The van der Waals surface area contributed by atoms with Gasteiger partial charge in [-0.25, -0.2) is 4.39 Å². The van der Waals surface area contributed by atoms with Crippen molar-refractivity contribution in [2.75, 3.05) is 13.2 Å². The van der Waals surface area contributed by atoms with Crippen LogP contribution in [0.1, 0.15) is 30.0 Å². The fraction of sp³-hybridized carbons (Fsp3) is 0.353. The molecule has 1 aliphatic rings. The van der Waals surface area contributed by atoms with Gasteiger partial charge in [-0.1, -0.05) is 12.1 Å². The topological polar surface area (TPSA) is 34.1 Å². The van der Waals surface area contributed by atoms with Gasteiger partial charge in [0.05, 0.1) is 6.61 Å². The maximum Gasteiger partial charge on any atom is 0.126 e. The SMILES string of the molecule is Fc1ccc2c(c1)OCCC[C@H]2NCCc1cccnc1. The third-order valence-electron chi connectivity index (χ3n) is 3.77. The number of benzene rings is 1. The van der Waals surface area contributed by atoms with Crippen LogP contribution in [0.5, 0.6) is 5.75 Å². The van der Waals surface area contributed by atoms with Crippen LogP contribution in [0, 0.1) is 5.82 Å². The first-order valence-corrected chi connectivity index (χ1v) is 7.37. The molecule has 0 saturated heterocycles. The first-order valence-electron chi connectivity index (χ1n) is 7.37. The third kappa shape index (κ3) is 3.58. The molecule has 3 rings (SSSR count). The van der Waals surface area contributed by atoms with Gasteiger partial charge in [0.2, 0.25) is 0 Å². The van der Waals surface area contributed by atoms with E-state index in [1.807, 2.05) is 18.3 Å². The zero-order chi connectivity index (χ0) is 14.5. The minimum atomic E-state index is -0.246. The van der Waals surface area contributed by atoms with Crippen molar-refractivity contribution in [2.24, 2.45) is 0 Å². The smallest absolute Gasteiger partial charge is 0.126 e. The molecule has 1 aliphatic heterocycles. The summed E-state index contributed by atoms with van der Waals surface area (Å²) in [6.07, 6.45) is 6.58. The second kappa shape index (κ2) is 6.68. The van der Waals surface area contributed by atoms with Crippen LogP contribution in [0.2, 0.25) is 0 Å². The molecule has 1 N–H and O–H groups in total. The van der Waals surface area contributed by atoms with Crippen molar-refractivity contribution >= 4 is 0 Å². The Morgan fingerprint density at radius 1 is 1.33 bits per heavy atom. The van der Waals surface area contributed by atoms with Gasteiger partial charge in [-0.15, -0.1) is 0 Å². The van der Waals surface area contributed by atoms with Crippen LogP contribution < -0.4 is 10.1 Å². The van der Waals surface area contributed by atoms with E-state index in [-0.39, 0.29) is 11.9 Å². The Labute approximate surface area is 124 Å². The minimum Gasteiger partial charge on any atom is -0.493 e. The van der Waals surface area contributed by atoms with Gasteiger partial charge in [0.25, 0.3) is 0 Å². The Morgan fingerprint density at radius 3 is 3.14 bits per heavy atom. The number of fused-ring (bicyclic) bond motifs is 1. The van der Waals surface area contributed by atoms with Crippen molar-refractivity contribution in [1.29, 1.82) is 0 Å². The third-order valence-corrected chi connectivity index (χ3v) is 3.77. The molecule has 0 amide bonds. The largest absolute Gasteiger partial charge is 0.493 e. The predicted molar refractivity (Wildman–Crippen MR) is 79.8 cm³/mol. The molecular weight excluding hydrogens is 267 g/mol. The Bertz CT molecular complexity index is 589. The van der Waals surface area contributed by atoms with Crippen molar-refractivity contribution in [3.8, 4) is 5.75 Å². The molecule has 0 fully saturated rings. The van der Waals surface area contributed by atoms with Crippen molar-refractivity contribution < 1.29 is 9.13 Å². The van der Waals surface area contributed by atoms with Gasteiger partial charge in [-0.2, -0.15) is 0 Å². The van der Waals surface area contributed by atoms with Crippen LogP contribution in [0.15, 0.2) is 42.7 Å². The van der Waals surface area contributed by atoms with E-state index in [1.54, 1.807) is 6.20 Å². The fourth-order valence-corrected chi connectivity index (χ4v) is 2.69. The van der Waals surface area contributed by atoms with Crippen molar-refractivity contribution in [3.05, 3.63) is 59.7 Å². The van der Waals surface area contributed by atoms with E-state index in [0.29, 0.717) is 12.4 Å². The van der Waals surface area contributed by atoms with Crippen molar-refractivity contribution in [3.63, 3.8) is 0 Å². The molecule has 1 aromatic carbocycles. The molecule has 4 heteroatoms. The van der Waals surface area contributed by atoms with Crippen molar-refractivity contribution in [1.82, 2.24) is 10.3 Å². The first-order chi connectivity index (χ1) is 10.3. The van der Waals surface area contributed by atoms with Crippen LogP contribution >= 0.6 is 0 Å². The Kier molecular flexibility index (Phi) is 4.46. The summed E-state index contributed by atoms with van der Waals surface area (Å²) in [5.41, 5.74) is 2.27. The molecule has 0 spiro atoms. The summed E-state index contributed by atoms with van der Waals surface area (Å²) in [7, 11) is 0. The lowest BCUT2D eigenvalue weighted by atomic mass is 10.0. The van der Waals surface area contributed by atoms with Gasteiger partial charge in [0.15, 0.2) is 0 Å². The molecule has 0 radical (unpaired) electrons. The zero-order valence-corrected chi connectivity index (χ0v) is 11.9. The number of halogens is 1. The highest BCUT2D eigenvalue weighted by Gasteiger charge is 2.19. The normalized spacial score (nSPS) is 17.7. The minimum absolute atomic E-state index is 0.222. The Hall–Kier alpha value is -1.94. The molecule has 21 heavy (non-hydrogen) atoms. The standard InChI is InChI=1S/C17H19FN2O/c18-14-5-6-15-16(4-2-10-21-17(15)11-14)20-9-7-13-3-1-8-19-12-13/h1,3,5-6,8,11-12,16,20H,2,4,7,9-10H2/t16-/m1/s1. The fourth-order valence-electron chi connectivity index (χ4n) is 2.69. The van der Waals surface area contributed by atoms with Gasteiger partial charge in [0.1, 0.15) is 11.6 Å². The number of ether oxygens (including phenoxy) is 1. The number of nitrogens with one attached hydrogen (secondary N) is 1. The molecule has 0 bridgehead atoms. The summed E-state index contributed by atoms with van der Waals surface area (Å²) in [4.78, 5) is 4.12. The van der Waals surface area contributed by atoms with Crippen LogP contribution in [0.3, 0.4) is 0 Å². The van der Waals surface area contributed by atoms with E-state index in [9.17, 15) is 4.39 Å². The molecule has 1 aromatic heterocycles. The maximum atomic E-state index is 13.3. The molecule has 2 heterocycles. The number of aromatic nitrogens is 1. The van der Waals surface area contributed by atoms with Gasteiger partial charge in [0, 0.05) is 30.1 Å². The zero-order valence-electron chi connectivity index (χ0n) is 11.9. The van der Waals surface area contributed by atoms with Crippen molar-refractivity contribution in [2.45, 2.75) is 25.3 Å². The van der Waals surface area contributed by atoms with Crippen LogP contribution in [0.25, 0.3) is 0 Å². The van der Waals surface area contributed by atoms with E-state index >= 15 is 0 Å². The highest BCUT2D eigenvalue weighted by molar-refractivity contribution is 5.37. The molecule has 110 valence electrons. The monoisotopic (exact) mass is 286 g/mol. The summed E-state index contributed by atoms with van der Waals surface area (Å²) in [6, 6.07) is 9.07. The molecule has 2 aromatic rings. The second-order valence-electron chi connectivity index (χ2n) is 5.29. The number of pyridine rings is 1. The molecule has 0 unspecified atom stereocenters. The van der Waals surface area contributed by atoms with E-state index in [1.165, 1.54) is 17.7 Å². The molecule has 0 aliphatic carbocycles. The number of hydrogen-bond acceptors (Lipinski definition) is 3. The summed E-state index contributed by atoms with van der Waals surface area (Å²) in [5.74, 6) is 0.427. The average molecular weight is 286 g/mol. The van der Waals surface area contributed by atoms with E-state index < -0.39 is 0 Å². The highest BCUT2D eigenvalue weighted by Crippen LogP contribution is 2.31. The van der Waals surface area contributed by atoms with Gasteiger partial charge in [-0.3, -0.25) is 4.98 Å². The quantitative estimate of drug-likeness (QED) is 0.936. The van der Waals surface area contributed by atoms with E-state index in [4.69, 9.17) is 4.74 Å². The lowest BCUT2D eigenvalue weighted by Crippen LogP contribution is -2.23. The predicted octanol–water partition coefficient (Wildman–Crippen LogP) is 3.27. The van der Waals surface area contributed by atoms with Crippen LogP contribution in [0.4, 0.5) is 4.39 Å². The lowest BCUT2D eigenvalue weighted by molar-refractivity contribution is 0.314. The summed E-state index contributed by atoms with van der Waals surface area (Å²) in [6.45, 7) is 1.52. The molecule has 1 atom stereocenters. The van der Waals surface area contributed by atoms with Crippen LogP contribution in [-0.4, -0.2) is 18.1 Å². The lowest BCUT2D eigenvalue weighted by Gasteiger charge is -2.18. The van der Waals surface area contributed by atoms with Gasteiger partial charge < -0.3 is 10.1 Å². The van der Waals surface area contributed by atoms with Gasteiger partial charge in [-0.05, 0) is 43.5 Å². The second-order valence-corrected chi connectivity index (χ2v) is 5.29. The van der Waals surface area contributed by atoms with E-state index in [0.717, 1.165) is 31.4 Å². The molecule has 0 saturated carbocycles. The first kappa shape index (κ1) is 14.0.